The molecule has 2 N–H and O–H groups in total. The molecule has 0 bridgehead atoms. The smallest absolute Gasteiger partial charge is 0.117 e. The van der Waals surface area contributed by atoms with Gasteiger partial charge in [-0.05, 0) is 35.4 Å². The molecule has 0 heterocycles. The first-order chi connectivity index (χ1) is 10.4. The topological polar surface area (TPSA) is 40.5 Å². The maximum Gasteiger partial charge on any atom is 0.117 e. The summed E-state index contributed by atoms with van der Waals surface area (Å²) >= 11 is 0. The predicted molar refractivity (Wildman–Crippen MR) is 92.8 cm³/mol. The van der Waals surface area contributed by atoms with Gasteiger partial charge in [0.15, 0.2) is 0 Å². The number of aryl methyl sites for hydroxylation is 1. The molecule has 0 fully saturated rings. The molecule has 0 spiro atoms. The van der Waals surface area contributed by atoms with Crippen LogP contribution in [0.2, 0.25) is 0 Å². The maximum absolute atomic E-state index is 10.2. The minimum Gasteiger partial charge on any atom is -0.512 e. The molecule has 0 aromatic heterocycles. The minimum absolute atomic E-state index is 0.0947. The van der Waals surface area contributed by atoms with Gasteiger partial charge in [0.25, 0.3) is 0 Å². The van der Waals surface area contributed by atoms with E-state index in [-0.39, 0.29) is 11.5 Å². The second-order valence-corrected chi connectivity index (χ2v) is 5.25. The highest BCUT2D eigenvalue weighted by Gasteiger charge is 2.17. The Morgan fingerprint density at radius 3 is 2.09 bits per heavy atom. The van der Waals surface area contributed by atoms with Gasteiger partial charge in [-0.1, -0.05) is 61.7 Å². The molecule has 2 aromatic carbocycles. The minimum atomic E-state index is -0.0947. The largest absolute Gasteiger partial charge is 0.512 e. The van der Waals surface area contributed by atoms with Crippen LogP contribution in [0, 0.1) is 6.92 Å². The van der Waals surface area contributed by atoms with Crippen molar-refractivity contribution < 1.29 is 10.2 Å². The molecular formula is C20H20O2. The number of hydrogen-bond donors (Lipinski definition) is 2. The van der Waals surface area contributed by atoms with Gasteiger partial charge in [-0.25, -0.2) is 0 Å². The lowest BCUT2D eigenvalue weighted by Crippen LogP contribution is -2.26. The van der Waals surface area contributed by atoms with Crippen molar-refractivity contribution in [2.24, 2.45) is 0 Å². The fourth-order valence-corrected chi connectivity index (χ4v) is 2.56. The zero-order valence-electron chi connectivity index (χ0n) is 12.9. The normalized spacial score (nSPS) is 13.4. The summed E-state index contributed by atoms with van der Waals surface area (Å²) in [5, 5.41) is 21.9. The average Bonchev–Trinajstić information content (AvgIpc) is 2.46. The summed E-state index contributed by atoms with van der Waals surface area (Å²) in [6.45, 7) is 11.3. The third-order valence-electron chi connectivity index (χ3n) is 3.60. The van der Waals surface area contributed by atoms with Crippen LogP contribution in [0.3, 0.4) is 0 Å². The SMILES string of the molecule is C=C(O)C(/C(=C(/C)O)c1ccccc1C)=c1/ccccc1=C. The molecule has 0 atom stereocenters. The molecule has 22 heavy (non-hydrogen) atoms. The van der Waals surface area contributed by atoms with Gasteiger partial charge >= 0.3 is 0 Å². The highest BCUT2D eigenvalue weighted by atomic mass is 16.3. The monoisotopic (exact) mass is 292 g/mol. The van der Waals surface area contributed by atoms with Crippen molar-refractivity contribution in [3.8, 4) is 0 Å². The molecule has 2 heteroatoms. The Morgan fingerprint density at radius 2 is 1.55 bits per heavy atom. The zero-order valence-corrected chi connectivity index (χ0v) is 12.9. The summed E-state index contributed by atoms with van der Waals surface area (Å²) in [7, 11) is 0. The predicted octanol–water partition coefficient (Wildman–Crippen LogP) is 3.62. The van der Waals surface area contributed by atoms with Gasteiger partial charge < -0.3 is 10.2 Å². The average molecular weight is 292 g/mol. The van der Waals surface area contributed by atoms with Gasteiger partial charge in [0, 0.05) is 11.1 Å². The van der Waals surface area contributed by atoms with Crippen LogP contribution in [-0.2, 0) is 0 Å². The number of rotatable bonds is 3. The van der Waals surface area contributed by atoms with E-state index in [1.807, 2.05) is 55.5 Å². The van der Waals surface area contributed by atoms with E-state index >= 15 is 0 Å². The Hall–Kier alpha value is -2.74. The number of allylic oxidation sites excluding steroid dienone is 2. The fraction of sp³-hybridized carbons (Fsp3) is 0.100. The molecule has 2 nitrogen and oxygen atoms in total. The van der Waals surface area contributed by atoms with Crippen molar-refractivity contribution in [2.75, 3.05) is 0 Å². The van der Waals surface area contributed by atoms with Crippen LogP contribution in [-0.4, -0.2) is 10.2 Å². The molecule has 112 valence electrons. The van der Waals surface area contributed by atoms with Crippen molar-refractivity contribution in [3.63, 3.8) is 0 Å². The lowest BCUT2D eigenvalue weighted by Gasteiger charge is -2.15. The summed E-state index contributed by atoms with van der Waals surface area (Å²) in [5.74, 6) is 0.0329. The third kappa shape index (κ3) is 2.96. The van der Waals surface area contributed by atoms with E-state index in [4.69, 9.17) is 0 Å². The van der Waals surface area contributed by atoms with Gasteiger partial charge in [-0.3, -0.25) is 0 Å². The van der Waals surface area contributed by atoms with Crippen LogP contribution < -0.4 is 10.4 Å². The maximum atomic E-state index is 10.2. The van der Waals surface area contributed by atoms with Gasteiger partial charge in [-0.2, -0.15) is 0 Å². The Balaban J connectivity index is 2.94. The second kappa shape index (κ2) is 6.35. The van der Waals surface area contributed by atoms with Gasteiger partial charge in [0.05, 0.1) is 5.76 Å². The number of benzene rings is 2. The van der Waals surface area contributed by atoms with Crippen molar-refractivity contribution in [1.82, 2.24) is 0 Å². The molecular weight excluding hydrogens is 272 g/mol. The van der Waals surface area contributed by atoms with Crippen molar-refractivity contribution in [3.05, 3.63) is 88.2 Å². The standard InChI is InChI=1S/C20H20O2/c1-13-9-5-7-11-17(13)19(15(3)21)20(16(4)22)18-12-8-6-10-14(18)2/h5-12,21-22H,1,3H2,2,4H3/b19-17+,20-16-. The summed E-state index contributed by atoms with van der Waals surface area (Å²) in [6.07, 6.45) is 0. The van der Waals surface area contributed by atoms with Crippen molar-refractivity contribution in [2.45, 2.75) is 13.8 Å². The summed E-state index contributed by atoms with van der Waals surface area (Å²) in [4.78, 5) is 0. The summed E-state index contributed by atoms with van der Waals surface area (Å²) in [5.41, 5.74) is 2.93. The molecule has 0 aliphatic heterocycles. The van der Waals surface area contributed by atoms with E-state index in [2.05, 4.69) is 13.2 Å². The van der Waals surface area contributed by atoms with Gasteiger partial charge in [0.2, 0.25) is 0 Å². The molecule has 2 aromatic rings. The molecule has 0 aliphatic rings. The number of aliphatic hydroxyl groups is 2. The summed E-state index contributed by atoms with van der Waals surface area (Å²) < 4.78 is 0. The van der Waals surface area contributed by atoms with Crippen LogP contribution in [0.1, 0.15) is 18.1 Å². The third-order valence-corrected chi connectivity index (χ3v) is 3.60. The van der Waals surface area contributed by atoms with Gasteiger partial charge in [0.1, 0.15) is 5.76 Å². The first-order valence-corrected chi connectivity index (χ1v) is 7.06. The first kappa shape index (κ1) is 15.6. The molecule has 0 saturated heterocycles. The summed E-state index contributed by atoms with van der Waals surface area (Å²) in [6, 6.07) is 15.2. The second-order valence-electron chi connectivity index (χ2n) is 5.25. The van der Waals surface area contributed by atoms with Crippen molar-refractivity contribution in [1.29, 1.82) is 0 Å². The van der Waals surface area contributed by atoms with Crippen molar-refractivity contribution >= 4 is 17.7 Å². The van der Waals surface area contributed by atoms with Crippen LogP contribution in [0.5, 0.6) is 0 Å². The quantitative estimate of drug-likeness (QED) is 0.848. The molecule has 0 unspecified atom stereocenters. The number of aliphatic hydroxyl groups excluding tert-OH is 2. The Kier molecular flexibility index (Phi) is 4.52. The van der Waals surface area contributed by atoms with E-state index in [1.165, 1.54) is 0 Å². The lowest BCUT2D eigenvalue weighted by molar-refractivity contribution is 0.415. The van der Waals surface area contributed by atoms with E-state index in [1.54, 1.807) is 6.92 Å². The van der Waals surface area contributed by atoms with Gasteiger partial charge in [-0.15, -0.1) is 0 Å². The fourth-order valence-electron chi connectivity index (χ4n) is 2.56. The Bertz CT molecular complexity index is 853. The van der Waals surface area contributed by atoms with E-state index in [0.717, 1.165) is 21.6 Å². The van der Waals surface area contributed by atoms with Crippen LogP contribution in [0.25, 0.3) is 17.7 Å². The lowest BCUT2D eigenvalue weighted by atomic mass is 9.90. The van der Waals surface area contributed by atoms with Crippen LogP contribution in [0.15, 0.2) is 66.6 Å². The van der Waals surface area contributed by atoms with Crippen LogP contribution >= 0.6 is 0 Å². The van der Waals surface area contributed by atoms with Crippen LogP contribution in [0.4, 0.5) is 0 Å². The highest BCUT2D eigenvalue weighted by Crippen LogP contribution is 2.31. The Labute approximate surface area is 130 Å². The zero-order chi connectivity index (χ0) is 16.3. The Morgan fingerprint density at radius 1 is 0.955 bits per heavy atom. The molecule has 2 rings (SSSR count). The first-order valence-electron chi connectivity index (χ1n) is 7.06. The van der Waals surface area contributed by atoms with E-state index in [9.17, 15) is 10.2 Å². The highest BCUT2D eigenvalue weighted by molar-refractivity contribution is 6.04. The molecule has 0 radical (unpaired) electrons. The van der Waals surface area contributed by atoms with E-state index in [0.29, 0.717) is 11.1 Å². The number of hydrogen-bond acceptors (Lipinski definition) is 2. The van der Waals surface area contributed by atoms with E-state index < -0.39 is 0 Å². The molecule has 0 saturated carbocycles. The molecule has 0 amide bonds. The molecule has 0 aliphatic carbocycles.